The Morgan fingerprint density at radius 3 is 2.41 bits per heavy atom. The summed E-state index contributed by atoms with van der Waals surface area (Å²) in [5.41, 5.74) is 0.533. The zero-order valence-electron chi connectivity index (χ0n) is 18.9. The van der Waals surface area contributed by atoms with Gasteiger partial charge < -0.3 is 14.9 Å². The third-order valence-corrected chi connectivity index (χ3v) is 10.4. The number of carbonyl (C=O) groups is 1. The number of ether oxygens (including phenoxy) is 1. The Morgan fingerprint density at radius 2 is 1.69 bits per heavy atom. The maximum Gasteiger partial charge on any atom is 0.305 e. The van der Waals surface area contributed by atoms with Gasteiger partial charge in [-0.25, -0.2) is 0 Å². The summed E-state index contributed by atoms with van der Waals surface area (Å²) in [6.07, 6.45) is 9.77. The van der Waals surface area contributed by atoms with Crippen molar-refractivity contribution in [2.75, 3.05) is 7.11 Å². The smallest absolute Gasteiger partial charge is 0.305 e. The van der Waals surface area contributed by atoms with E-state index in [1.165, 1.54) is 32.8 Å². The molecule has 4 heteroatoms. The molecule has 0 heterocycles. The van der Waals surface area contributed by atoms with E-state index in [0.717, 1.165) is 32.1 Å². The Hall–Kier alpha value is -0.610. The number of fused-ring (bicyclic) bond motifs is 5. The summed E-state index contributed by atoms with van der Waals surface area (Å²) in [6, 6.07) is 0. The van der Waals surface area contributed by atoms with Gasteiger partial charge in [-0.15, -0.1) is 0 Å². The predicted molar refractivity (Wildman–Crippen MR) is 113 cm³/mol. The van der Waals surface area contributed by atoms with Gasteiger partial charge in [0, 0.05) is 6.42 Å². The number of rotatable bonds is 4. The standard InChI is InChI=1S/C25H42O4/c1-15(5-8-23(28)29-4)18-6-7-19-17-14-22(27)21-13-16(26)9-11-25(21,3)20(17)10-12-24(18,19)2/h15-22,26-27H,5-14H2,1-4H3/t15-,16+,17-,18-,19+,20-,21-,22+,24-,25-/m1/s1. The first-order valence-corrected chi connectivity index (χ1v) is 12.1. The molecule has 0 saturated heterocycles. The van der Waals surface area contributed by atoms with Gasteiger partial charge in [0.15, 0.2) is 0 Å². The lowest BCUT2D eigenvalue weighted by Gasteiger charge is -2.62. The van der Waals surface area contributed by atoms with Crippen LogP contribution in [0.4, 0.5) is 0 Å². The van der Waals surface area contributed by atoms with E-state index in [-0.39, 0.29) is 29.5 Å². The SMILES string of the molecule is COC(=O)CC[C@@H](C)[C@H]1CC[C@H]2[C@H]3C[C@H](O)[C@H]4C[C@@H](O)CC[C@]4(C)[C@@H]3CC[C@]12C. The number of aliphatic hydroxyl groups is 2. The summed E-state index contributed by atoms with van der Waals surface area (Å²) in [6.45, 7) is 7.28. The van der Waals surface area contributed by atoms with Gasteiger partial charge in [-0.1, -0.05) is 20.8 Å². The molecule has 2 N–H and O–H groups in total. The highest BCUT2D eigenvalue weighted by Gasteiger charge is 2.62. The highest BCUT2D eigenvalue weighted by molar-refractivity contribution is 5.69. The van der Waals surface area contributed by atoms with Crippen LogP contribution in [0.2, 0.25) is 0 Å². The number of carbonyl (C=O) groups excluding carboxylic acids is 1. The summed E-state index contributed by atoms with van der Waals surface area (Å²) >= 11 is 0. The molecule has 166 valence electrons. The topological polar surface area (TPSA) is 66.8 Å². The van der Waals surface area contributed by atoms with Crippen molar-refractivity contribution in [1.82, 2.24) is 0 Å². The highest BCUT2D eigenvalue weighted by atomic mass is 16.5. The van der Waals surface area contributed by atoms with Gasteiger partial charge in [-0.05, 0) is 104 Å². The van der Waals surface area contributed by atoms with Gasteiger partial charge in [0.2, 0.25) is 0 Å². The van der Waals surface area contributed by atoms with Gasteiger partial charge in [-0.2, -0.15) is 0 Å². The molecule has 0 aromatic carbocycles. The maximum atomic E-state index is 11.6. The molecule has 4 nitrogen and oxygen atoms in total. The van der Waals surface area contributed by atoms with E-state index in [0.29, 0.717) is 41.4 Å². The van der Waals surface area contributed by atoms with E-state index in [4.69, 9.17) is 4.74 Å². The van der Waals surface area contributed by atoms with Crippen molar-refractivity contribution < 1.29 is 19.7 Å². The van der Waals surface area contributed by atoms with E-state index in [2.05, 4.69) is 20.8 Å². The Kier molecular flexibility index (Phi) is 5.83. The van der Waals surface area contributed by atoms with Crippen LogP contribution < -0.4 is 0 Å². The number of hydrogen-bond donors (Lipinski definition) is 2. The van der Waals surface area contributed by atoms with Crippen LogP contribution in [0.1, 0.15) is 85.0 Å². The first-order chi connectivity index (χ1) is 13.7. The van der Waals surface area contributed by atoms with Gasteiger partial charge in [0.25, 0.3) is 0 Å². The van der Waals surface area contributed by atoms with E-state index >= 15 is 0 Å². The van der Waals surface area contributed by atoms with Crippen LogP contribution in [0.3, 0.4) is 0 Å². The second-order valence-corrected chi connectivity index (χ2v) is 11.5. The first-order valence-electron chi connectivity index (χ1n) is 12.1. The fourth-order valence-electron chi connectivity index (χ4n) is 8.90. The largest absolute Gasteiger partial charge is 0.469 e. The predicted octanol–water partition coefficient (Wildman–Crippen LogP) is 4.57. The number of esters is 1. The highest BCUT2D eigenvalue weighted by Crippen LogP contribution is 2.68. The van der Waals surface area contributed by atoms with Crippen LogP contribution in [0.25, 0.3) is 0 Å². The Bertz CT molecular complexity index is 620. The molecule has 4 rings (SSSR count). The van der Waals surface area contributed by atoms with E-state index in [9.17, 15) is 15.0 Å². The van der Waals surface area contributed by atoms with Gasteiger partial charge in [0.05, 0.1) is 19.3 Å². The lowest BCUT2D eigenvalue weighted by molar-refractivity contribution is -0.172. The molecule has 0 aromatic heterocycles. The molecule has 0 aliphatic heterocycles. The van der Waals surface area contributed by atoms with Gasteiger partial charge in [-0.3, -0.25) is 4.79 Å². The van der Waals surface area contributed by atoms with Crippen molar-refractivity contribution in [3.05, 3.63) is 0 Å². The molecule has 0 amide bonds. The lowest BCUT2D eigenvalue weighted by Crippen LogP contribution is -2.58. The van der Waals surface area contributed by atoms with Crippen molar-refractivity contribution >= 4 is 5.97 Å². The van der Waals surface area contributed by atoms with Gasteiger partial charge >= 0.3 is 5.97 Å². The molecule has 0 spiro atoms. The normalized spacial score (nSPS) is 50.2. The minimum Gasteiger partial charge on any atom is -0.469 e. The van der Waals surface area contributed by atoms with Crippen molar-refractivity contribution in [2.45, 2.75) is 97.2 Å². The van der Waals surface area contributed by atoms with E-state index in [1.54, 1.807) is 0 Å². The minimum absolute atomic E-state index is 0.0888. The molecule has 0 unspecified atom stereocenters. The molecule has 29 heavy (non-hydrogen) atoms. The lowest BCUT2D eigenvalue weighted by atomic mass is 9.44. The summed E-state index contributed by atoms with van der Waals surface area (Å²) in [5.74, 6) is 3.42. The fourth-order valence-corrected chi connectivity index (χ4v) is 8.90. The molecular formula is C25H42O4. The Morgan fingerprint density at radius 1 is 1.00 bits per heavy atom. The zero-order chi connectivity index (χ0) is 21.0. The monoisotopic (exact) mass is 406 g/mol. The van der Waals surface area contributed by atoms with Crippen LogP contribution >= 0.6 is 0 Å². The molecule has 4 aliphatic carbocycles. The van der Waals surface area contributed by atoms with Crippen LogP contribution in [-0.2, 0) is 9.53 Å². The Labute approximate surface area is 176 Å². The van der Waals surface area contributed by atoms with Crippen molar-refractivity contribution in [3.8, 4) is 0 Å². The third kappa shape index (κ3) is 3.46. The van der Waals surface area contributed by atoms with E-state index < -0.39 is 0 Å². The number of aliphatic hydroxyl groups excluding tert-OH is 2. The second kappa shape index (κ2) is 7.82. The minimum atomic E-state index is -0.255. The molecule has 0 radical (unpaired) electrons. The third-order valence-electron chi connectivity index (χ3n) is 10.4. The summed E-state index contributed by atoms with van der Waals surface area (Å²) in [7, 11) is 1.48. The van der Waals surface area contributed by atoms with Crippen molar-refractivity contribution in [2.24, 2.45) is 46.3 Å². The van der Waals surface area contributed by atoms with Crippen molar-refractivity contribution in [3.63, 3.8) is 0 Å². The van der Waals surface area contributed by atoms with Crippen LogP contribution in [0, 0.1) is 46.3 Å². The number of hydrogen-bond acceptors (Lipinski definition) is 4. The average Bonchev–Trinajstić information content (AvgIpc) is 3.05. The van der Waals surface area contributed by atoms with Gasteiger partial charge in [0.1, 0.15) is 0 Å². The number of methoxy groups -OCH3 is 1. The zero-order valence-corrected chi connectivity index (χ0v) is 18.9. The van der Waals surface area contributed by atoms with Crippen LogP contribution in [0.5, 0.6) is 0 Å². The first kappa shape index (κ1) is 21.6. The van der Waals surface area contributed by atoms with Crippen molar-refractivity contribution in [1.29, 1.82) is 0 Å². The maximum absolute atomic E-state index is 11.6. The van der Waals surface area contributed by atoms with Crippen LogP contribution in [0.15, 0.2) is 0 Å². The molecule has 4 saturated carbocycles. The molecule has 4 fully saturated rings. The molecule has 10 atom stereocenters. The summed E-state index contributed by atoms with van der Waals surface area (Å²) in [5, 5.41) is 21.3. The fraction of sp³-hybridized carbons (Fsp3) is 0.960. The molecule has 0 bridgehead atoms. The molecule has 4 aliphatic rings. The summed E-state index contributed by atoms with van der Waals surface area (Å²) in [4.78, 5) is 11.6. The average molecular weight is 407 g/mol. The molecule has 0 aromatic rings. The van der Waals surface area contributed by atoms with E-state index in [1.807, 2.05) is 0 Å². The van der Waals surface area contributed by atoms with Crippen LogP contribution in [-0.4, -0.2) is 35.5 Å². The quantitative estimate of drug-likeness (QED) is 0.671. The Balaban J connectivity index is 1.52. The molecular weight excluding hydrogens is 364 g/mol. The summed E-state index contributed by atoms with van der Waals surface area (Å²) < 4.78 is 4.86. The second-order valence-electron chi connectivity index (χ2n) is 11.5.